The van der Waals surface area contributed by atoms with Gasteiger partial charge in [-0.3, -0.25) is 0 Å². The monoisotopic (exact) mass is 448 g/mol. The van der Waals surface area contributed by atoms with E-state index in [1.807, 2.05) is 36.4 Å². The Labute approximate surface area is 194 Å². The van der Waals surface area contributed by atoms with Crippen molar-refractivity contribution in [2.45, 2.75) is 6.18 Å². The van der Waals surface area contributed by atoms with Crippen molar-refractivity contribution in [2.75, 3.05) is 0 Å². The van der Waals surface area contributed by atoms with Gasteiger partial charge in [-0.15, -0.1) is 0 Å². The molecule has 0 nitrogen and oxygen atoms in total. The Bertz CT molecular complexity index is 1690. The molecule has 0 saturated carbocycles. The predicted molar refractivity (Wildman–Crippen MR) is 135 cm³/mol. The number of fused-ring (bicyclic) bond motifs is 3. The minimum Gasteiger partial charge on any atom is -0.166 e. The molecule has 0 amide bonds. The summed E-state index contributed by atoms with van der Waals surface area (Å²) >= 11 is 0. The molecule has 0 N–H and O–H groups in total. The lowest BCUT2D eigenvalue weighted by Crippen LogP contribution is -2.04. The van der Waals surface area contributed by atoms with Crippen molar-refractivity contribution < 1.29 is 13.2 Å². The molecule has 0 atom stereocenters. The summed E-state index contributed by atoms with van der Waals surface area (Å²) in [6.07, 6.45) is -4.39. The quantitative estimate of drug-likeness (QED) is 0.231. The average molecular weight is 448 g/mol. The van der Waals surface area contributed by atoms with E-state index in [9.17, 15) is 13.2 Å². The van der Waals surface area contributed by atoms with Gasteiger partial charge in [-0.1, -0.05) is 91.0 Å². The third-order valence-corrected chi connectivity index (χ3v) is 6.44. The van der Waals surface area contributed by atoms with Crippen LogP contribution in [0.25, 0.3) is 54.6 Å². The van der Waals surface area contributed by atoms with Gasteiger partial charge in [0.2, 0.25) is 0 Å². The molecule has 6 aromatic rings. The maximum absolute atomic E-state index is 13.4. The van der Waals surface area contributed by atoms with Crippen LogP contribution in [0, 0.1) is 0 Å². The SMILES string of the molecule is FC(F)(F)c1cccc(-c2cccc3c(-c4ccc5ccccc5c4)c4ccccc4cc23)c1. The fourth-order valence-corrected chi connectivity index (χ4v) is 4.86. The second-order valence-electron chi connectivity index (χ2n) is 8.51. The molecular weight excluding hydrogens is 429 g/mol. The van der Waals surface area contributed by atoms with E-state index in [0.717, 1.165) is 49.7 Å². The standard InChI is InChI=1S/C31H19F3/c32-31(33,34)25-11-5-10-22(18-25)26-13-6-14-28-29(26)19-23-9-3-4-12-27(23)30(28)24-16-15-20-7-1-2-8-21(20)17-24/h1-19H. The van der Waals surface area contributed by atoms with Gasteiger partial charge < -0.3 is 0 Å². The number of rotatable bonds is 2. The zero-order valence-corrected chi connectivity index (χ0v) is 18.1. The van der Waals surface area contributed by atoms with Crippen LogP contribution in [0.2, 0.25) is 0 Å². The molecule has 0 aliphatic carbocycles. The highest BCUT2D eigenvalue weighted by Crippen LogP contribution is 2.41. The van der Waals surface area contributed by atoms with E-state index in [1.54, 1.807) is 6.07 Å². The zero-order chi connectivity index (χ0) is 23.3. The first-order chi connectivity index (χ1) is 16.5. The van der Waals surface area contributed by atoms with Crippen LogP contribution >= 0.6 is 0 Å². The van der Waals surface area contributed by atoms with Crippen LogP contribution < -0.4 is 0 Å². The second-order valence-corrected chi connectivity index (χ2v) is 8.51. The van der Waals surface area contributed by atoms with Crippen molar-refractivity contribution in [3.8, 4) is 22.3 Å². The number of alkyl halides is 3. The number of hydrogen-bond acceptors (Lipinski definition) is 0. The van der Waals surface area contributed by atoms with Gasteiger partial charge in [-0.2, -0.15) is 13.2 Å². The molecule has 6 aromatic carbocycles. The van der Waals surface area contributed by atoms with E-state index in [1.165, 1.54) is 17.5 Å². The van der Waals surface area contributed by atoms with Crippen LogP contribution in [-0.2, 0) is 6.18 Å². The molecule has 0 radical (unpaired) electrons. The van der Waals surface area contributed by atoms with Crippen molar-refractivity contribution in [2.24, 2.45) is 0 Å². The minimum atomic E-state index is -4.39. The van der Waals surface area contributed by atoms with Gasteiger partial charge in [0.15, 0.2) is 0 Å². The fourth-order valence-electron chi connectivity index (χ4n) is 4.86. The van der Waals surface area contributed by atoms with Gasteiger partial charge in [0, 0.05) is 0 Å². The van der Waals surface area contributed by atoms with Gasteiger partial charge in [0.25, 0.3) is 0 Å². The molecule has 0 bridgehead atoms. The minimum absolute atomic E-state index is 0.556. The molecule has 0 aliphatic heterocycles. The fraction of sp³-hybridized carbons (Fsp3) is 0.0323. The lowest BCUT2D eigenvalue weighted by molar-refractivity contribution is -0.137. The van der Waals surface area contributed by atoms with Crippen LogP contribution in [0.3, 0.4) is 0 Å². The van der Waals surface area contributed by atoms with Crippen LogP contribution in [0.1, 0.15) is 5.56 Å². The Hall–Kier alpha value is -4.11. The van der Waals surface area contributed by atoms with E-state index in [-0.39, 0.29) is 0 Å². The summed E-state index contributed by atoms with van der Waals surface area (Å²) < 4.78 is 40.3. The van der Waals surface area contributed by atoms with Crippen LogP contribution in [0.5, 0.6) is 0 Å². The molecule has 0 fully saturated rings. The highest BCUT2D eigenvalue weighted by Gasteiger charge is 2.30. The third-order valence-electron chi connectivity index (χ3n) is 6.44. The third kappa shape index (κ3) is 3.41. The lowest BCUT2D eigenvalue weighted by Gasteiger charge is -2.16. The molecule has 0 heterocycles. The van der Waals surface area contributed by atoms with Gasteiger partial charge >= 0.3 is 6.18 Å². The van der Waals surface area contributed by atoms with Crippen LogP contribution in [0.15, 0.2) is 115 Å². The van der Waals surface area contributed by atoms with E-state index in [4.69, 9.17) is 0 Å². The molecule has 0 spiro atoms. The van der Waals surface area contributed by atoms with E-state index in [2.05, 4.69) is 54.6 Å². The number of halogens is 3. The highest BCUT2D eigenvalue weighted by atomic mass is 19.4. The van der Waals surface area contributed by atoms with Crippen LogP contribution in [0.4, 0.5) is 13.2 Å². The molecule has 34 heavy (non-hydrogen) atoms. The van der Waals surface area contributed by atoms with E-state index in [0.29, 0.717) is 5.56 Å². The number of hydrogen-bond donors (Lipinski definition) is 0. The molecule has 6 rings (SSSR count). The first-order valence-corrected chi connectivity index (χ1v) is 11.1. The molecule has 0 aliphatic rings. The van der Waals surface area contributed by atoms with Crippen LogP contribution in [-0.4, -0.2) is 0 Å². The largest absolute Gasteiger partial charge is 0.416 e. The molecule has 3 heteroatoms. The molecule has 0 saturated heterocycles. The number of benzene rings is 6. The predicted octanol–water partition coefficient (Wildman–Crippen LogP) is 9.50. The summed E-state index contributed by atoms with van der Waals surface area (Å²) in [5.41, 5.74) is 2.88. The summed E-state index contributed by atoms with van der Waals surface area (Å²) in [7, 11) is 0. The highest BCUT2D eigenvalue weighted by molar-refractivity contribution is 6.16. The van der Waals surface area contributed by atoms with Crippen molar-refractivity contribution in [3.63, 3.8) is 0 Å². The molecular formula is C31H19F3. The Morgan fingerprint density at radius 3 is 1.97 bits per heavy atom. The normalized spacial score (nSPS) is 12.0. The molecule has 0 unspecified atom stereocenters. The van der Waals surface area contributed by atoms with Crippen molar-refractivity contribution in [1.29, 1.82) is 0 Å². The Balaban J connectivity index is 1.68. The Kier molecular flexibility index (Phi) is 4.66. The smallest absolute Gasteiger partial charge is 0.166 e. The maximum Gasteiger partial charge on any atom is 0.416 e. The maximum atomic E-state index is 13.4. The molecule has 0 aromatic heterocycles. The topological polar surface area (TPSA) is 0 Å². The Morgan fingerprint density at radius 1 is 0.441 bits per heavy atom. The summed E-state index contributed by atoms with van der Waals surface area (Å²) in [6.45, 7) is 0. The molecule has 164 valence electrons. The van der Waals surface area contributed by atoms with E-state index >= 15 is 0 Å². The van der Waals surface area contributed by atoms with Gasteiger partial charge in [-0.05, 0) is 78.8 Å². The van der Waals surface area contributed by atoms with Crippen molar-refractivity contribution in [1.82, 2.24) is 0 Å². The van der Waals surface area contributed by atoms with Crippen molar-refractivity contribution >= 4 is 32.3 Å². The summed E-state index contributed by atoms with van der Waals surface area (Å²) in [5.74, 6) is 0. The van der Waals surface area contributed by atoms with Gasteiger partial charge in [0.1, 0.15) is 0 Å². The second kappa shape index (κ2) is 7.74. The lowest BCUT2D eigenvalue weighted by atomic mass is 9.88. The summed E-state index contributed by atoms with van der Waals surface area (Å²) in [5, 5.41) is 6.44. The Morgan fingerprint density at radius 2 is 1.15 bits per heavy atom. The van der Waals surface area contributed by atoms with Gasteiger partial charge in [0.05, 0.1) is 5.56 Å². The summed E-state index contributed by atoms with van der Waals surface area (Å²) in [6, 6.07) is 36.4. The zero-order valence-electron chi connectivity index (χ0n) is 18.1. The first kappa shape index (κ1) is 20.5. The summed E-state index contributed by atoms with van der Waals surface area (Å²) in [4.78, 5) is 0. The van der Waals surface area contributed by atoms with Gasteiger partial charge in [-0.25, -0.2) is 0 Å². The average Bonchev–Trinajstić information content (AvgIpc) is 2.86. The first-order valence-electron chi connectivity index (χ1n) is 11.1. The van der Waals surface area contributed by atoms with Crippen molar-refractivity contribution in [3.05, 3.63) is 121 Å². The van der Waals surface area contributed by atoms with E-state index < -0.39 is 11.7 Å².